The van der Waals surface area contributed by atoms with E-state index in [9.17, 15) is 9.59 Å². The zero-order valence-corrected chi connectivity index (χ0v) is 17.5. The molecule has 0 aliphatic heterocycles. The molecule has 0 fully saturated rings. The standard InChI is InChI=1S/C20H21N3O3S2/c1-4-21-18(25)13(3)26-16(24)10-28-20-17-15(9-27-19(17)22-11-23-20)14-7-5-12(2)6-8-14/h5-9,11,13H,4,10H2,1-3H3,(H,21,25)/t13-/m1/s1. The van der Waals surface area contributed by atoms with Gasteiger partial charge < -0.3 is 10.1 Å². The number of thioether (sulfide) groups is 1. The first-order chi connectivity index (χ1) is 13.5. The summed E-state index contributed by atoms with van der Waals surface area (Å²) in [6, 6.07) is 8.27. The Balaban J connectivity index is 1.76. The molecule has 0 aliphatic carbocycles. The number of ether oxygens (including phenoxy) is 1. The van der Waals surface area contributed by atoms with Gasteiger partial charge in [-0.1, -0.05) is 41.6 Å². The number of esters is 1. The number of hydrogen-bond acceptors (Lipinski definition) is 7. The van der Waals surface area contributed by atoms with E-state index >= 15 is 0 Å². The maximum Gasteiger partial charge on any atom is 0.317 e. The molecule has 0 saturated carbocycles. The number of nitrogens with one attached hydrogen (secondary N) is 1. The fraction of sp³-hybridized carbons (Fsp3) is 0.300. The SMILES string of the molecule is CCNC(=O)[C@@H](C)OC(=O)CSc1ncnc2scc(-c3ccc(C)cc3)c12. The number of aromatic nitrogens is 2. The molecule has 1 amide bonds. The summed E-state index contributed by atoms with van der Waals surface area (Å²) in [5, 5.41) is 6.35. The van der Waals surface area contributed by atoms with E-state index in [1.165, 1.54) is 23.7 Å². The number of hydrogen-bond donors (Lipinski definition) is 1. The summed E-state index contributed by atoms with van der Waals surface area (Å²) in [7, 11) is 0. The largest absolute Gasteiger partial charge is 0.452 e. The Kier molecular flexibility index (Phi) is 6.64. The van der Waals surface area contributed by atoms with Crippen LogP contribution >= 0.6 is 23.1 Å². The van der Waals surface area contributed by atoms with Crippen molar-refractivity contribution in [3.05, 3.63) is 41.5 Å². The Labute approximate surface area is 171 Å². The van der Waals surface area contributed by atoms with Crippen LogP contribution in [0.2, 0.25) is 0 Å². The maximum atomic E-state index is 12.1. The molecule has 3 rings (SSSR count). The summed E-state index contributed by atoms with van der Waals surface area (Å²) < 4.78 is 5.20. The molecule has 28 heavy (non-hydrogen) atoms. The molecule has 3 aromatic rings. The Morgan fingerprint density at radius 3 is 2.71 bits per heavy atom. The number of fused-ring (bicyclic) bond motifs is 1. The van der Waals surface area contributed by atoms with E-state index in [1.54, 1.807) is 18.3 Å². The van der Waals surface area contributed by atoms with Crippen LogP contribution in [0.5, 0.6) is 0 Å². The van der Waals surface area contributed by atoms with Gasteiger partial charge in [-0.25, -0.2) is 9.97 Å². The third-order valence-electron chi connectivity index (χ3n) is 4.05. The minimum absolute atomic E-state index is 0.0685. The summed E-state index contributed by atoms with van der Waals surface area (Å²) in [5.74, 6) is -0.689. The smallest absolute Gasteiger partial charge is 0.317 e. The lowest BCUT2D eigenvalue weighted by molar-refractivity contribution is -0.152. The van der Waals surface area contributed by atoms with Gasteiger partial charge in [-0.15, -0.1) is 11.3 Å². The Bertz CT molecular complexity index is 986. The van der Waals surface area contributed by atoms with Gasteiger partial charge in [0.15, 0.2) is 6.10 Å². The summed E-state index contributed by atoms with van der Waals surface area (Å²) in [5.41, 5.74) is 3.33. The summed E-state index contributed by atoms with van der Waals surface area (Å²) in [6.45, 7) is 5.92. The highest BCUT2D eigenvalue weighted by Gasteiger charge is 2.19. The zero-order chi connectivity index (χ0) is 20.1. The van der Waals surface area contributed by atoms with Crippen LogP contribution in [-0.2, 0) is 14.3 Å². The molecule has 1 aromatic carbocycles. The van der Waals surface area contributed by atoms with E-state index in [0.717, 1.165) is 26.4 Å². The number of likely N-dealkylation sites (N-methyl/N-ethyl adjacent to an activating group) is 1. The normalized spacial score (nSPS) is 12.0. The first-order valence-electron chi connectivity index (χ1n) is 8.88. The molecule has 0 unspecified atom stereocenters. The van der Waals surface area contributed by atoms with Crippen molar-refractivity contribution in [1.82, 2.24) is 15.3 Å². The molecule has 0 aliphatic rings. The minimum atomic E-state index is -0.817. The van der Waals surface area contributed by atoms with E-state index in [4.69, 9.17) is 4.74 Å². The van der Waals surface area contributed by atoms with Gasteiger partial charge in [0.1, 0.15) is 16.2 Å². The Morgan fingerprint density at radius 1 is 1.25 bits per heavy atom. The van der Waals surface area contributed by atoms with Crippen molar-refractivity contribution < 1.29 is 14.3 Å². The van der Waals surface area contributed by atoms with E-state index in [0.29, 0.717) is 6.54 Å². The number of aryl methyl sites for hydroxylation is 1. The first-order valence-corrected chi connectivity index (χ1v) is 10.7. The maximum absolute atomic E-state index is 12.1. The van der Waals surface area contributed by atoms with Crippen LogP contribution in [0.3, 0.4) is 0 Å². The van der Waals surface area contributed by atoms with E-state index in [2.05, 4.69) is 44.9 Å². The summed E-state index contributed by atoms with van der Waals surface area (Å²) in [6.07, 6.45) is 0.686. The van der Waals surface area contributed by atoms with Crippen molar-refractivity contribution >= 4 is 45.2 Å². The fourth-order valence-electron chi connectivity index (χ4n) is 2.63. The molecule has 0 spiro atoms. The predicted octanol–water partition coefficient (Wildman–Crippen LogP) is 3.83. The Morgan fingerprint density at radius 2 is 2.00 bits per heavy atom. The minimum Gasteiger partial charge on any atom is -0.452 e. The van der Waals surface area contributed by atoms with Crippen LogP contribution in [0.4, 0.5) is 0 Å². The van der Waals surface area contributed by atoms with E-state index in [-0.39, 0.29) is 11.7 Å². The predicted molar refractivity (Wildman–Crippen MR) is 113 cm³/mol. The van der Waals surface area contributed by atoms with Gasteiger partial charge in [0, 0.05) is 17.5 Å². The van der Waals surface area contributed by atoms with Gasteiger partial charge in [0.2, 0.25) is 0 Å². The van der Waals surface area contributed by atoms with Crippen LogP contribution < -0.4 is 5.32 Å². The molecule has 2 heterocycles. The number of nitrogens with zero attached hydrogens (tertiary/aromatic N) is 2. The highest BCUT2D eigenvalue weighted by atomic mass is 32.2. The molecule has 1 N–H and O–H groups in total. The van der Waals surface area contributed by atoms with Crippen LogP contribution in [0.15, 0.2) is 41.0 Å². The van der Waals surface area contributed by atoms with Crippen molar-refractivity contribution in [1.29, 1.82) is 0 Å². The zero-order valence-electron chi connectivity index (χ0n) is 15.9. The number of rotatable bonds is 7. The second-order valence-corrected chi connectivity index (χ2v) is 8.01. The highest BCUT2D eigenvalue weighted by Crippen LogP contribution is 2.37. The molecule has 8 heteroatoms. The second-order valence-electron chi connectivity index (χ2n) is 6.19. The van der Waals surface area contributed by atoms with Crippen molar-refractivity contribution in [2.24, 2.45) is 0 Å². The quantitative estimate of drug-likeness (QED) is 0.359. The third-order valence-corrected chi connectivity index (χ3v) is 5.90. The lowest BCUT2D eigenvalue weighted by Crippen LogP contribution is -2.35. The molecule has 6 nitrogen and oxygen atoms in total. The van der Waals surface area contributed by atoms with Crippen LogP contribution in [0, 0.1) is 6.92 Å². The number of carbonyl (C=O) groups excluding carboxylic acids is 2. The van der Waals surface area contributed by atoms with Crippen molar-refractivity contribution in [3.63, 3.8) is 0 Å². The van der Waals surface area contributed by atoms with Gasteiger partial charge in [-0.3, -0.25) is 9.59 Å². The van der Waals surface area contributed by atoms with Crippen molar-refractivity contribution in [2.75, 3.05) is 12.3 Å². The molecule has 0 bridgehead atoms. The molecular weight excluding hydrogens is 394 g/mol. The van der Waals surface area contributed by atoms with Gasteiger partial charge in [-0.2, -0.15) is 0 Å². The van der Waals surface area contributed by atoms with Crippen molar-refractivity contribution in [2.45, 2.75) is 31.9 Å². The van der Waals surface area contributed by atoms with Gasteiger partial charge in [0.05, 0.1) is 11.1 Å². The van der Waals surface area contributed by atoms with E-state index in [1.807, 2.05) is 13.8 Å². The molecular formula is C20H21N3O3S2. The lowest BCUT2D eigenvalue weighted by atomic mass is 10.1. The molecule has 146 valence electrons. The fourth-order valence-corrected chi connectivity index (χ4v) is 4.41. The monoisotopic (exact) mass is 415 g/mol. The van der Waals surface area contributed by atoms with Crippen LogP contribution in [-0.4, -0.2) is 40.2 Å². The van der Waals surface area contributed by atoms with Crippen LogP contribution in [0.1, 0.15) is 19.4 Å². The van der Waals surface area contributed by atoms with E-state index < -0.39 is 12.1 Å². The van der Waals surface area contributed by atoms with Crippen molar-refractivity contribution in [3.8, 4) is 11.1 Å². The lowest BCUT2D eigenvalue weighted by Gasteiger charge is -2.12. The first kappa shape index (κ1) is 20.3. The topological polar surface area (TPSA) is 81.2 Å². The van der Waals surface area contributed by atoms with Gasteiger partial charge in [-0.05, 0) is 26.3 Å². The second kappa shape index (κ2) is 9.16. The Hall–Kier alpha value is -2.45. The van der Waals surface area contributed by atoms with Gasteiger partial charge >= 0.3 is 5.97 Å². The number of benzene rings is 1. The third kappa shape index (κ3) is 4.69. The number of amides is 1. The average Bonchev–Trinajstić information content (AvgIpc) is 3.12. The molecule has 0 saturated heterocycles. The van der Waals surface area contributed by atoms with Crippen LogP contribution in [0.25, 0.3) is 21.3 Å². The molecule has 0 radical (unpaired) electrons. The summed E-state index contributed by atoms with van der Waals surface area (Å²) >= 11 is 2.84. The van der Waals surface area contributed by atoms with Gasteiger partial charge in [0.25, 0.3) is 5.91 Å². The summed E-state index contributed by atoms with van der Waals surface area (Å²) in [4.78, 5) is 33.4. The molecule has 2 aromatic heterocycles. The molecule has 1 atom stereocenters. The number of carbonyl (C=O) groups is 2. The number of thiophene rings is 1. The average molecular weight is 416 g/mol. The highest BCUT2D eigenvalue weighted by molar-refractivity contribution is 8.00.